The van der Waals surface area contributed by atoms with Crippen molar-refractivity contribution in [1.29, 1.82) is 0 Å². The van der Waals surface area contributed by atoms with E-state index >= 15 is 0 Å². The predicted molar refractivity (Wildman–Crippen MR) is 66.1 cm³/mol. The average molecular weight is 277 g/mol. The molecular weight excluding hydrogens is 266 g/mol. The summed E-state index contributed by atoms with van der Waals surface area (Å²) in [5, 5.41) is 5.51. The summed E-state index contributed by atoms with van der Waals surface area (Å²) in [4.78, 5) is 11.8. The number of carbonyl (C=O) groups excluding carboxylic acids is 1. The lowest BCUT2D eigenvalue weighted by Gasteiger charge is -2.11. The second-order valence-corrected chi connectivity index (χ2v) is 4.71. The summed E-state index contributed by atoms with van der Waals surface area (Å²) in [5.74, 6) is -0.827. The molecule has 1 aliphatic rings. The van der Waals surface area contributed by atoms with Crippen molar-refractivity contribution >= 4 is 34.8 Å². The molecule has 3 nitrogen and oxygen atoms in total. The van der Waals surface area contributed by atoms with E-state index in [1.165, 1.54) is 12.1 Å². The van der Waals surface area contributed by atoms with Gasteiger partial charge >= 0.3 is 0 Å². The molecule has 1 amide bonds. The summed E-state index contributed by atoms with van der Waals surface area (Å²) in [6.45, 7) is 0.836. The number of benzene rings is 1. The highest BCUT2D eigenvalue weighted by molar-refractivity contribution is 6.35. The van der Waals surface area contributed by atoms with Gasteiger partial charge in [0.2, 0.25) is 5.91 Å². The minimum atomic E-state index is -0.676. The van der Waals surface area contributed by atoms with Gasteiger partial charge in [-0.25, -0.2) is 4.39 Å². The van der Waals surface area contributed by atoms with Crippen LogP contribution in [0.1, 0.15) is 12.8 Å². The molecule has 1 heterocycles. The zero-order valence-electron chi connectivity index (χ0n) is 8.90. The highest BCUT2D eigenvalue weighted by Crippen LogP contribution is 2.27. The molecule has 6 heteroatoms. The van der Waals surface area contributed by atoms with Crippen LogP contribution >= 0.6 is 23.2 Å². The van der Waals surface area contributed by atoms with Crippen LogP contribution in [0.4, 0.5) is 10.1 Å². The van der Waals surface area contributed by atoms with E-state index in [1.807, 2.05) is 0 Å². The normalized spacial score (nSPS) is 19.4. The third-order valence-electron chi connectivity index (χ3n) is 2.63. The molecule has 92 valence electrons. The molecule has 0 bridgehead atoms. The van der Waals surface area contributed by atoms with Crippen molar-refractivity contribution in [3.8, 4) is 0 Å². The Bertz CT molecular complexity index is 424. The van der Waals surface area contributed by atoms with Crippen LogP contribution < -0.4 is 10.6 Å². The summed E-state index contributed by atoms with van der Waals surface area (Å²) in [6.07, 6.45) is 1.78. The summed E-state index contributed by atoms with van der Waals surface area (Å²) in [6, 6.07) is 2.49. The van der Waals surface area contributed by atoms with Gasteiger partial charge in [0.05, 0.1) is 16.1 Å². The molecule has 1 saturated heterocycles. The molecule has 0 spiro atoms. The van der Waals surface area contributed by atoms with Gasteiger partial charge in [0.1, 0.15) is 0 Å². The van der Waals surface area contributed by atoms with E-state index in [2.05, 4.69) is 10.6 Å². The highest BCUT2D eigenvalue weighted by atomic mass is 35.5. The average Bonchev–Trinajstić information content (AvgIpc) is 2.79. The minimum Gasteiger partial charge on any atom is -0.325 e. The molecular formula is C11H11Cl2FN2O. The van der Waals surface area contributed by atoms with E-state index in [9.17, 15) is 9.18 Å². The first-order chi connectivity index (χ1) is 8.08. The standard InChI is InChI=1S/C11H11Cl2FN2O/c12-7-4-6(5-8(13)10(7)14)16-11(17)9-2-1-3-15-9/h4-5,9,15H,1-3H2,(H,16,17)/t9-/m1/s1. The van der Waals surface area contributed by atoms with Crippen molar-refractivity contribution in [2.24, 2.45) is 0 Å². The Labute approximate surface area is 108 Å². The molecule has 0 saturated carbocycles. The van der Waals surface area contributed by atoms with E-state index in [0.717, 1.165) is 19.4 Å². The number of amides is 1. The Kier molecular flexibility index (Phi) is 3.86. The van der Waals surface area contributed by atoms with Gasteiger partial charge in [0, 0.05) is 5.69 Å². The summed E-state index contributed by atoms with van der Waals surface area (Å²) >= 11 is 11.3. The quantitative estimate of drug-likeness (QED) is 0.816. The van der Waals surface area contributed by atoms with Crippen LogP contribution in [0.25, 0.3) is 0 Å². The predicted octanol–water partition coefficient (Wildman–Crippen LogP) is 2.82. The van der Waals surface area contributed by atoms with Crippen LogP contribution in [0.5, 0.6) is 0 Å². The maximum atomic E-state index is 13.2. The molecule has 0 radical (unpaired) electrons. The van der Waals surface area contributed by atoms with Crippen LogP contribution in [-0.4, -0.2) is 18.5 Å². The molecule has 2 N–H and O–H groups in total. The van der Waals surface area contributed by atoms with Crippen LogP contribution in [0.2, 0.25) is 10.0 Å². The molecule has 1 atom stereocenters. The maximum absolute atomic E-state index is 13.2. The van der Waals surface area contributed by atoms with Gasteiger partial charge in [-0.3, -0.25) is 4.79 Å². The first kappa shape index (κ1) is 12.6. The second-order valence-electron chi connectivity index (χ2n) is 3.89. The third kappa shape index (κ3) is 2.89. The van der Waals surface area contributed by atoms with Gasteiger partial charge in [-0.2, -0.15) is 0 Å². The fourth-order valence-electron chi connectivity index (χ4n) is 1.77. The smallest absolute Gasteiger partial charge is 0.241 e. The number of hydrogen-bond acceptors (Lipinski definition) is 2. The van der Waals surface area contributed by atoms with Crippen molar-refractivity contribution in [3.05, 3.63) is 28.0 Å². The SMILES string of the molecule is O=C(Nc1cc(Cl)c(F)c(Cl)c1)[C@H]1CCCN1. The third-order valence-corrected chi connectivity index (χ3v) is 3.18. The highest BCUT2D eigenvalue weighted by Gasteiger charge is 2.22. The first-order valence-corrected chi connectivity index (χ1v) is 6.02. The van der Waals surface area contributed by atoms with Crippen LogP contribution in [0.15, 0.2) is 12.1 Å². The molecule has 1 fully saturated rings. The lowest BCUT2D eigenvalue weighted by Crippen LogP contribution is -2.35. The zero-order valence-corrected chi connectivity index (χ0v) is 10.4. The summed E-state index contributed by atoms with van der Waals surface area (Å²) < 4.78 is 13.2. The van der Waals surface area contributed by atoms with Gasteiger partial charge in [-0.1, -0.05) is 23.2 Å². The van der Waals surface area contributed by atoms with Gasteiger partial charge in [0.25, 0.3) is 0 Å². The molecule has 0 aromatic heterocycles. The molecule has 2 rings (SSSR count). The Morgan fingerprint density at radius 3 is 2.59 bits per heavy atom. The molecule has 17 heavy (non-hydrogen) atoms. The number of rotatable bonds is 2. The second kappa shape index (κ2) is 5.21. The number of carbonyl (C=O) groups is 1. The first-order valence-electron chi connectivity index (χ1n) is 5.26. The van der Waals surface area contributed by atoms with E-state index < -0.39 is 5.82 Å². The number of halogens is 3. The Morgan fingerprint density at radius 1 is 1.41 bits per heavy atom. The van der Waals surface area contributed by atoms with Crippen molar-refractivity contribution in [1.82, 2.24) is 5.32 Å². The topological polar surface area (TPSA) is 41.1 Å². The van der Waals surface area contributed by atoms with E-state index in [4.69, 9.17) is 23.2 Å². The van der Waals surface area contributed by atoms with Crippen LogP contribution in [-0.2, 0) is 4.79 Å². The largest absolute Gasteiger partial charge is 0.325 e. The molecule has 1 aliphatic heterocycles. The number of hydrogen-bond donors (Lipinski definition) is 2. The van der Waals surface area contributed by atoms with Gasteiger partial charge in [-0.15, -0.1) is 0 Å². The Hall–Kier alpha value is -0.840. The van der Waals surface area contributed by atoms with Gasteiger partial charge in [0.15, 0.2) is 5.82 Å². The summed E-state index contributed by atoms with van der Waals surface area (Å²) in [5.41, 5.74) is 0.403. The van der Waals surface area contributed by atoms with Crippen molar-refractivity contribution < 1.29 is 9.18 Å². The Morgan fingerprint density at radius 2 is 2.06 bits per heavy atom. The van der Waals surface area contributed by atoms with Crippen molar-refractivity contribution in [2.75, 3.05) is 11.9 Å². The number of anilines is 1. The Balaban J connectivity index is 2.10. The van der Waals surface area contributed by atoms with Gasteiger partial charge in [-0.05, 0) is 31.5 Å². The van der Waals surface area contributed by atoms with E-state index in [1.54, 1.807) is 0 Å². The minimum absolute atomic E-state index is 0.104. The van der Waals surface area contributed by atoms with E-state index in [0.29, 0.717) is 5.69 Å². The lowest BCUT2D eigenvalue weighted by molar-refractivity contribution is -0.117. The van der Waals surface area contributed by atoms with Crippen LogP contribution in [0.3, 0.4) is 0 Å². The summed E-state index contributed by atoms with van der Waals surface area (Å²) in [7, 11) is 0. The molecule has 0 aliphatic carbocycles. The zero-order chi connectivity index (χ0) is 12.4. The molecule has 1 aromatic carbocycles. The van der Waals surface area contributed by atoms with E-state index in [-0.39, 0.29) is 22.0 Å². The maximum Gasteiger partial charge on any atom is 0.241 e. The van der Waals surface area contributed by atoms with Crippen molar-refractivity contribution in [3.63, 3.8) is 0 Å². The number of nitrogens with one attached hydrogen (secondary N) is 2. The fourth-order valence-corrected chi connectivity index (χ4v) is 2.25. The van der Waals surface area contributed by atoms with Crippen molar-refractivity contribution in [2.45, 2.75) is 18.9 Å². The van der Waals surface area contributed by atoms with Crippen LogP contribution in [0, 0.1) is 5.82 Å². The monoisotopic (exact) mass is 276 g/mol. The molecule has 1 aromatic rings. The van der Waals surface area contributed by atoms with Gasteiger partial charge < -0.3 is 10.6 Å². The lowest BCUT2D eigenvalue weighted by atomic mass is 10.2. The molecule has 0 unspecified atom stereocenters. The fraction of sp³-hybridized carbons (Fsp3) is 0.364.